The van der Waals surface area contributed by atoms with Crippen LogP contribution in [0, 0.1) is 24.2 Å². The maximum Gasteiger partial charge on any atom is 0.410 e. The van der Waals surface area contributed by atoms with Gasteiger partial charge < -0.3 is 59.6 Å². The summed E-state index contributed by atoms with van der Waals surface area (Å²) in [5.74, 6) is 10.3. The van der Waals surface area contributed by atoms with Crippen LogP contribution in [0.1, 0.15) is 119 Å². The van der Waals surface area contributed by atoms with Gasteiger partial charge in [-0.3, -0.25) is 9.59 Å². The van der Waals surface area contributed by atoms with Crippen molar-refractivity contribution in [2.45, 2.75) is 153 Å². The Balaban J connectivity index is 0.000000158. The van der Waals surface area contributed by atoms with Gasteiger partial charge in [-0.2, -0.15) is 0 Å². The van der Waals surface area contributed by atoms with Crippen LogP contribution in [0.2, 0.25) is 0 Å². The highest BCUT2D eigenvalue weighted by Crippen LogP contribution is 2.43. The normalized spacial score (nSPS) is 24.5. The molecule has 2 aromatic heterocycles. The maximum atomic E-state index is 12.7. The highest BCUT2D eigenvalue weighted by molar-refractivity contribution is 9.10. The average Bonchev–Trinajstić information content (AvgIpc) is 4.00. The van der Waals surface area contributed by atoms with E-state index in [1.165, 1.54) is 0 Å². The van der Waals surface area contributed by atoms with Gasteiger partial charge in [-0.15, -0.1) is 6.42 Å². The van der Waals surface area contributed by atoms with E-state index in [-0.39, 0.29) is 47.7 Å². The quantitative estimate of drug-likeness (QED) is 0.160. The summed E-state index contributed by atoms with van der Waals surface area (Å²) in [6.45, 7) is 13.3. The van der Waals surface area contributed by atoms with Gasteiger partial charge in [0.25, 0.3) is 11.8 Å². The van der Waals surface area contributed by atoms with E-state index in [2.05, 4.69) is 43.7 Å². The van der Waals surface area contributed by atoms with Crippen LogP contribution >= 0.6 is 15.9 Å². The zero-order chi connectivity index (χ0) is 51.2. The first-order chi connectivity index (χ1) is 33.4. The topological polar surface area (TPSA) is 240 Å². The van der Waals surface area contributed by atoms with Gasteiger partial charge in [0.05, 0.1) is 24.2 Å². The first kappa shape index (κ1) is 50.8. The Kier molecular flexibility index (Phi) is 14.0. The number of carbonyl (C=O) groups is 4. The van der Waals surface area contributed by atoms with E-state index in [0.717, 1.165) is 41.5 Å². The van der Waals surface area contributed by atoms with Crippen LogP contribution in [0.25, 0.3) is 22.8 Å². The van der Waals surface area contributed by atoms with Crippen molar-refractivity contribution < 1.29 is 48.3 Å². The van der Waals surface area contributed by atoms with Crippen molar-refractivity contribution in [1.82, 2.24) is 28.9 Å². The summed E-state index contributed by atoms with van der Waals surface area (Å²) in [6, 6.07) is 11.1. The molecule has 4 unspecified atom stereocenters. The van der Waals surface area contributed by atoms with E-state index >= 15 is 0 Å². The lowest BCUT2D eigenvalue weighted by molar-refractivity contribution is -0.0323. The number of carbonyl (C=O) groups excluding carboxylic acids is 4. The van der Waals surface area contributed by atoms with Gasteiger partial charge >= 0.3 is 12.2 Å². The second kappa shape index (κ2) is 19.6. The molecule has 19 heteroatoms. The number of nitrogens with two attached hydrogens (primary N) is 2. The molecule has 2 aromatic carbocycles. The molecule has 6 aliphatic rings. The van der Waals surface area contributed by atoms with Gasteiger partial charge in [-0.05, 0) is 104 Å². The number of hydrogen-bond donors (Lipinski definition) is 4. The largest absolute Gasteiger partial charge is 0.491 e. The molecule has 71 heavy (non-hydrogen) atoms. The molecule has 4 atom stereocenters. The van der Waals surface area contributed by atoms with Gasteiger partial charge in [0, 0.05) is 72.3 Å². The second-order valence-corrected chi connectivity index (χ2v) is 21.8. The monoisotopic (exact) mass is 1040 g/mol. The third-order valence-corrected chi connectivity index (χ3v) is 13.6. The molecule has 8 heterocycles. The Morgan fingerprint density at radius 1 is 0.704 bits per heavy atom. The molecule has 0 saturated carbocycles. The lowest BCUT2D eigenvalue weighted by Crippen LogP contribution is -2.53. The van der Waals surface area contributed by atoms with Crippen molar-refractivity contribution in [2.75, 3.05) is 13.2 Å². The summed E-state index contributed by atoms with van der Waals surface area (Å²) in [4.78, 5) is 59.9. The van der Waals surface area contributed by atoms with Gasteiger partial charge in [0.15, 0.2) is 0 Å². The van der Waals surface area contributed by atoms with Gasteiger partial charge in [-0.1, -0.05) is 33.7 Å². The van der Waals surface area contributed by atoms with E-state index in [1.54, 1.807) is 22.2 Å². The molecule has 0 radical (unpaired) electrons. The van der Waals surface area contributed by atoms with Crippen molar-refractivity contribution in [3.63, 3.8) is 0 Å². The number of fused-ring (bicyclic) bond motifs is 10. The van der Waals surface area contributed by atoms with Crippen LogP contribution in [0.5, 0.6) is 11.5 Å². The molecule has 6 N–H and O–H groups in total. The molecule has 4 amide bonds. The lowest BCUT2D eigenvalue weighted by Gasteiger charge is -2.41. The smallest absolute Gasteiger partial charge is 0.410 e. The fourth-order valence-corrected chi connectivity index (χ4v) is 10.5. The average molecular weight is 1040 g/mol. The van der Waals surface area contributed by atoms with Crippen LogP contribution in [0.15, 0.2) is 53.3 Å². The molecule has 4 bridgehead atoms. The Hall–Kier alpha value is -6.54. The summed E-state index contributed by atoms with van der Waals surface area (Å²) in [6.07, 6.45) is 13.2. The zero-order valence-electron chi connectivity index (χ0n) is 40.9. The molecule has 376 valence electrons. The minimum absolute atomic E-state index is 0.0136. The number of amides is 4. The second-order valence-electron chi connectivity index (χ2n) is 20.9. The molecular formula is C52H61BrN8O10. The van der Waals surface area contributed by atoms with Crippen molar-refractivity contribution in [3.8, 4) is 58.5 Å². The summed E-state index contributed by atoms with van der Waals surface area (Å²) < 4.78 is 27.2. The van der Waals surface area contributed by atoms with Crippen LogP contribution in [-0.4, -0.2) is 123 Å². The Labute approximate surface area is 421 Å². The lowest BCUT2D eigenvalue weighted by atomic mass is 9.86. The molecule has 4 aromatic rings. The maximum absolute atomic E-state index is 12.7. The summed E-state index contributed by atoms with van der Waals surface area (Å²) >= 11 is 3.42. The zero-order valence-corrected chi connectivity index (χ0v) is 42.5. The number of aliphatic hydroxyl groups is 2. The van der Waals surface area contributed by atoms with Gasteiger partial charge in [-0.25, -0.2) is 19.6 Å². The minimum Gasteiger partial charge on any atom is -0.491 e. The number of primary amides is 2. The number of ether oxygens (including phenoxy) is 4. The van der Waals surface area contributed by atoms with Crippen molar-refractivity contribution in [2.24, 2.45) is 11.5 Å². The third kappa shape index (κ3) is 11.5. The van der Waals surface area contributed by atoms with E-state index in [0.29, 0.717) is 80.5 Å². The summed E-state index contributed by atoms with van der Waals surface area (Å²) in [7, 11) is 0. The minimum atomic E-state index is -1.19. The number of imidazole rings is 2. The molecular weight excluding hydrogens is 977 g/mol. The third-order valence-electron chi connectivity index (χ3n) is 13.1. The van der Waals surface area contributed by atoms with Crippen LogP contribution < -0.4 is 20.9 Å². The fourth-order valence-electron chi connectivity index (χ4n) is 10.1. The van der Waals surface area contributed by atoms with Gasteiger partial charge in [0.2, 0.25) is 0 Å². The van der Waals surface area contributed by atoms with Crippen molar-refractivity contribution >= 4 is 39.9 Å². The number of piperidine rings is 2. The van der Waals surface area contributed by atoms with Gasteiger partial charge in [0.1, 0.15) is 70.2 Å². The molecule has 0 spiro atoms. The van der Waals surface area contributed by atoms with Crippen molar-refractivity contribution in [3.05, 3.63) is 70.2 Å². The summed E-state index contributed by atoms with van der Waals surface area (Å²) in [5.41, 5.74) is 10.1. The molecule has 6 aliphatic heterocycles. The summed E-state index contributed by atoms with van der Waals surface area (Å²) in [5, 5.41) is 21.5. The number of nitrogens with zero attached hydrogens (tertiary/aromatic N) is 6. The highest BCUT2D eigenvalue weighted by Gasteiger charge is 2.51. The van der Waals surface area contributed by atoms with Crippen molar-refractivity contribution in [1.29, 1.82) is 0 Å². The standard InChI is InChI=1S/C26H30N4O5.C14H21NO3.C12H10BrN3O2/c1-25(2,3)35-24(32)30-17-5-6-18(30)14-26(33,13-17)9-8-16-4-7-21-19(12-16)23-28-20(22(27)31)15-29(23)10-11-34-21;1-5-14(17)8-10-6-7-11(9-14)15(10)12(16)18-13(2,3)4;13-7-1-2-10-8(5-7)12-15-9(11(14)17)6-16(12)3-4-18-10/h4,7,12,15,17-18,33H,5-6,10-11,13-14H2,1-3H3,(H2,27,31);1,10-11,17H,6-9H2,2-4H3;1-2,5-6H,3-4H2,(H2,14,17). The SMILES string of the molecule is C#CC1(O)CC2CCC(C1)N2C(=O)OC(C)(C)C.CC(C)(C)OC(=O)N1C2CCC1CC(O)(C#Cc1ccc3c(c1)-c1nc(C(N)=O)cn1CCO3)C2.NC(=O)c1cn2c(n1)-c1cc(Br)ccc1OCC2. The number of rotatable bonds is 2. The van der Waals surface area contributed by atoms with Crippen LogP contribution in [-0.2, 0) is 22.6 Å². The molecule has 10 rings (SSSR count). The number of halogens is 1. The van der Waals surface area contributed by atoms with Crippen LogP contribution in [0.4, 0.5) is 9.59 Å². The molecule has 18 nitrogen and oxygen atoms in total. The van der Waals surface area contributed by atoms with E-state index < -0.39 is 34.2 Å². The predicted molar refractivity (Wildman–Crippen MR) is 265 cm³/mol. The Morgan fingerprint density at radius 3 is 1.55 bits per heavy atom. The number of hydrogen-bond acceptors (Lipinski definition) is 12. The van der Waals surface area contributed by atoms with Crippen LogP contribution in [0.3, 0.4) is 0 Å². The molecule has 0 aliphatic carbocycles. The van der Waals surface area contributed by atoms with E-state index in [4.69, 9.17) is 36.8 Å². The predicted octanol–water partition coefficient (Wildman–Crippen LogP) is 6.40. The first-order valence-electron chi connectivity index (χ1n) is 23.8. The fraction of sp³-hybridized carbons (Fsp3) is 0.500. The first-order valence-corrected chi connectivity index (χ1v) is 24.6. The molecule has 4 fully saturated rings. The number of benzene rings is 2. The van der Waals surface area contributed by atoms with E-state index in [1.807, 2.05) is 87.1 Å². The Bertz CT molecular complexity index is 2810. The molecule has 4 saturated heterocycles. The van der Waals surface area contributed by atoms with E-state index in [9.17, 15) is 29.4 Å². The Morgan fingerprint density at radius 2 is 1.13 bits per heavy atom. The number of terminal acetylenes is 1. The number of aromatic nitrogens is 4. The highest BCUT2D eigenvalue weighted by atomic mass is 79.9.